The maximum Gasteiger partial charge on any atom is 0.127 e. The van der Waals surface area contributed by atoms with Crippen LogP contribution in [0.2, 0.25) is 0 Å². The van der Waals surface area contributed by atoms with Crippen LogP contribution in [0.4, 0.5) is 0 Å². The summed E-state index contributed by atoms with van der Waals surface area (Å²) in [6.45, 7) is 5.99. The van der Waals surface area contributed by atoms with Crippen LogP contribution >= 0.6 is 0 Å². The van der Waals surface area contributed by atoms with E-state index >= 15 is 0 Å². The predicted molar refractivity (Wildman–Crippen MR) is 52.8 cm³/mol. The Labute approximate surface area is 79.0 Å². The maximum absolute atomic E-state index is 10.7. The van der Waals surface area contributed by atoms with E-state index in [1.165, 1.54) is 0 Å². The summed E-state index contributed by atoms with van der Waals surface area (Å²) in [5, 5.41) is 0. The summed E-state index contributed by atoms with van der Waals surface area (Å²) in [6.07, 6.45) is 3.65. The zero-order valence-electron chi connectivity index (χ0n) is 8.37. The van der Waals surface area contributed by atoms with Crippen LogP contribution in [0.5, 0.6) is 0 Å². The highest BCUT2D eigenvalue weighted by atomic mass is 16.1. The summed E-state index contributed by atoms with van der Waals surface area (Å²) in [5.74, 6) is 0.00750. The maximum atomic E-state index is 10.7. The van der Waals surface area contributed by atoms with Gasteiger partial charge in [0.05, 0.1) is 0 Å². The molecule has 0 aromatic carbocycles. The number of aromatic nitrogens is 1. The van der Waals surface area contributed by atoms with E-state index in [9.17, 15) is 4.79 Å². The largest absolute Gasteiger partial charge is 0.303 e. The number of carbonyl (C=O) groups is 1. The molecule has 1 aromatic heterocycles. The van der Waals surface area contributed by atoms with Crippen molar-refractivity contribution in [3.05, 3.63) is 29.1 Å². The first kappa shape index (κ1) is 9.90. The van der Waals surface area contributed by atoms with Crippen LogP contribution in [0, 0.1) is 13.8 Å². The molecule has 0 aliphatic carbocycles. The van der Waals surface area contributed by atoms with Gasteiger partial charge in [0.1, 0.15) is 6.29 Å². The summed E-state index contributed by atoms with van der Waals surface area (Å²) in [7, 11) is 0. The number of pyridine rings is 1. The lowest BCUT2D eigenvalue weighted by molar-refractivity contribution is -0.109. The number of rotatable bonds is 3. The highest BCUT2D eigenvalue weighted by Gasteiger charge is 2.10. The first-order valence-corrected chi connectivity index (χ1v) is 4.57. The van der Waals surface area contributed by atoms with Crippen LogP contribution in [0.1, 0.15) is 36.1 Å². The van der Waals surface area contributed by atoms with E-state index in [1.807, 2.05) is 33.0 Å². The molecule has 1 unspecified atom stereocenters. The fraction of sp³-hybridized carbons (Fsp3) is 0.455. The van der Waals surface area contributed by atoms with E-state index in [1.54, 1.807) is 0 Å². The van der Waals surface area contributed by atoms with E-state index < -0.39 is 0 Å². The van der Waals surface area contributed by atoms with Gasteiger partial charge in [-0.1, -0.05) is 6.92 Å². The minimum atomic E-state index is 0.00750. The second-order valence-corrected chi connectivity index (χ2v) is 3.33. The van der Waals surface area contributed by atoms with Gasteiger partial charge in [0.15, 0.2) is 0 Å². The van der Waals surface area contributed by atoms with Crippen molar-refractivity contribution in [3.8, 4) is 0 Å². The third kappa shape index (κ3) is 2.14. The highest BCUT2D eigenvalue weighted by Crippen LogP contribution is 2.20. The van der Waals surface area contributed by atoms with Crippen LogP contribution in [0.15, 0.2) is 12.3 Å². The van der Waals surface area contributed by atoms with Crippen LogP contribution in [-0.2, 0) is 4.79 Å². The molecule has 0 fully saturated rings. The topological polar surface area (TPSA) is 30.0 Å². The normalized spacial score (nSPS) is 12.5. The van der Waals surface area contributed by atoms with Crippen molar-refractivity contribution in [2.75, 3.05) is 0 Å². The zero-order valence-corrected chi connectivity index (χ0v) is 8.37. The van der Waals surface area contributed by atoms with Gasteiger partial charge in [-0.25, -0.2) is 0 Å². The van der Waals surface area contributed by atoms with Crippen molar-refractivity contribution in [3.63, 3.8) is 0 Å². The Morgan fingerprint density at radius 3 is 2.69 bits per heavy atom. The third-order valence-electron chi connectivity index (χ3n) is 2.29. The minimum absolute atomic E-state index is 0.00750. The molecule has 0 aliphatic heterocycles. The second-order valence-electron chi connectivity index (χ2n) is 3.33. The molecular formula is C11H15NO. The summed E-state index contributed by atoms with van der Waals surface area (Å²) in [6, 6.07) is 2.02. The summed E-state index contributed by atoms with van der Waals surface area (Å²) in [5.41, 5.74) is 3.22. The molecule has 0 radical (unpaired) electrons. The average Bonchev–Trinajstić information content (AvgIpc) is 2.10. The number of carbonyl (C=O) groups excluding carboxylic acids is 1. The smallest absolute Gasteiger partial charge is 0.127 e. The second kappa shape index (κ2) is 4.17. The van der Waals surface area contributed by atoms with Gasteiger partial charge >= 0.3 is 0 Å². The van der Waals surface area contributed by atoms with Crippen LogP contribution < -0.4 is 0 Å². The van der Waals surface area contributed by atoms with Gasteiger partial charge in [-0.15, -0.1) is 0 Å². The molecule has 70 valence electrons. The van der Waals surface area contributed by atoms with Gasteiger partial charge in [-0.2, -0.15) is 0 Å². The zero-order chi connectivity index (χ0) is 9.84. The lowest BCUT2D eigenvalue weighted by Crippen LogP contribution is -2.02. The Balaban J connectivity index is 3.06. The first-order chi connectivity index (χ1) is 6.19. The molecule has 0 bridgehead atoms. The van der Waals surface area contributed by atoms with E-state index in [0.717, 1.165) is 29.5 Å². The number of nitrogens with zero attached hydrogens (tertiary/aromatic N) is 1. The van der Waals surface area contributed by atoms with E-state index in [4.69, 9.17) is 0 Å². The molecule has 0 amide bonds. The lowest BCUT2D eigenvalue weighted by atomic mass is 9.95. The molecule has 1 rings (SSSR count). The Morgan fingerprint density at radius 1 is 1.54 bits per heavy atom. The Morgan fingerprint density at radius 2 is 2.23 bits per heavy atom. The molecule has 1 aromatic rings. The third-order valence-corrected chi connectivity index (χ3v) is 2.29. The molecule has 2 heteroatoms. The van der Waals surface area contributed by atoms with Crippen molar-refractivity contribution in [2.24, 2.45) is 0 Å². The molecule has 0 saturated carbocycles. The van der Waals surface area contributed by atoms with Gasteiger partial charge in [0, 0.05) is 17.8 Å². The molecule has 0 spiro atoms. The molecule has 13 heavy (non-hydrogen) atoms. The van der Waals surface area contributed by atoms with Crippen LogP contribution in [-0.4, -0.2) is 11.3 Å². The molecule has 0 N–H and O–H groups in total. The highest BCUT2D eigenvalue weighted by molar-refractivity contribution is 5.62. The van der Waals surface area contributed by atoms with Crippen molar-refractivity contribution in [2.45, 2.75) is 33.1 Å². The Kier molecular flexibility index (Phi) is 3.18. The van der Waals surface area contributed by atoms with Gasteiger partial charge in [0.2, 0.25) is 0 Å². The van der Waals surface area contributed by atoms with Gasteiger partial charge in [0.25, 0.3) is 0 Å². The van der Waals surface area contributed by atoms with Gasteiger partial charge in [-0.3, -0.25) is 4.98 Å². The van der Waals surface area contributed by atoms with Crippen LogP contribution in [0.25, 0.3) is 0 Å². The number of aryl methyl sites for hydroxylation is 2. The number of hydrogen-bond donors (Lipinski definition) is 0. The van der Waals surface area contributed by atoms with Crippen molar-refractivity contribution in [1.82, 2.24) is 4.98 Å². The fourth-order valence-corrected chi connectivity index (χ4v) is 1.48. The predicted octanol–water partition coefficient (Wildman–Crippen LogP) is 2.39. The minimum Gasteiger partial charge on any atom is -0.303 e. The average molecular weight is 177 g/mol. The SMILES string of the molecule is CCC(C=O)c1cnc(C)cc1C. The molecule has 0 saturated heterocycles. The molecular weight excluding hydrogens is 162 g/mol. The van der Waals surface area contributed by atoms with Gasteiger partial charge < -0.3 is 4.79 Å². The van der Waals surface area contributed by atoms with E-state index in [0.29, 0.717) is 0 Å². The van der Waals surface area contributed by atoms with E-state index in [2.05, 4.69) is 4.98 Å². The summed E-state index contributed by atoms with van der Waals surface area (Å²) in [4.78, 5) is 14.9. The molecule has 1 heterocycles. The van der Waals surface area contributed by atoms with E-state index in [-0.39, 0.29) is 5.92 Å². The summed E-state index contributed by atoms with van der Waals surface area (Å²) < 4.78 is 0. The monoisotopic (exact) mass is 177 g/mol. The first-order valence-electron chi connectivity index (χ1n) is 4.57. The molecule has 0 aliphatic rings. The summed E-state index contributed by atoms with van der Waals surface area (Å²) >= 11 is 0. The lowest BCUT2D eigenvalue weighted by Gasteiger charge is -2.10. The number of hydrogen-bond acceptors (Lipinski definition) is 2. The Bertz CT molecular complexity index is 307. The number of aldehydes is 1. The van der Waals surface area contributed by atoms with Crippen molar-refractivity contribution < 1.29 is 4.79 Å². The molecule has 1 atom stereocenters. The van der Waals surface area contributed by atoms with Crippen molar-refractivity contribution >= 4 is 6.29 Å². The Hall–Kier alpha value is -1.18. The standard InChI is InChI=1S/C11H15NO/c1-4-10(7-13)11-6-12-9(3)5-8(11)2/h5-7,10H,4H2,1-3H3. The quantitative estimate of drug-likeness (QED) is 0.663. The fourth-order valence-electron chi connectivity index (χ4n) is 1.48. The van der Waals surface area contributed by atoms with Crippen molar-refractivity contribution in [1.29, 1.82) is 0 Å². The van der Waals surface area contributed by atoms with Gasteiger partial charge in [-0.05, 0) is 37.5 Å². The van der Waals surface area contributed by atoms with Crippen LogP contribution in [0.3, 0.4) is 0 Å². The molecule has 2 nitrogen and oxygen atoms in total.